The lowest BCUT2D eigenvalue weighted by Gasteiger charge is -2.21. The van der Waals surface area contributed by atoms with Crippen LogP contribution < -0.4 is 5.73 Å². The van der Waals surface area contributed by atoms with Crippen LogP contribution in [0.4, 0.5) is 0 Å². The minimum atomic E-state index is 0.0579. The van der Waals surface area contributed by atoms with E-state index in [-0.39, 0.29) is 5.84 Å². The van der Waals surface area contributed by atoms with Crippen LogP contribution >= 0.6 is 0 Å². The van der Waals surface area contributed by atoms with E-state index in [9.17, 15) is 0 Å². The van der Waals surface area contributed by atoms with Crippen LogP contribution in [0.1, 0.15) is 31.5 Å². The molecule has 1 rings (SSSR count). The molecule has 5 nitrogen and oxygen atoms in total. The Hall–Kier alpha value is -1.62. The van der Waals surface area contributed by atoms with Crippen LogP contribution in [0.15, 0.2) is 23.5 Å². The Labute approximate surface area is 108 Å². The number of hydrogen-bond acceptors (Lipinski definition) is 4. The van der Waals surface area contributed by atoms with Gasteiger partial charge in [-0.1, -0.05) is 31.5 Å². The Morgan fingerprint density at radius 1 is 1.61 bits per heavy atom. The number of nitrogens with zero attached hydrogens (tertiary/aromatic N) is 3. The second kappa shape index (κ2) is 6.96. The lowest BCUT2D eigenvalue weighted by atomic mass is 10.1. The van der Waals surface area contributed by atoms with Gasteiger partial charge in [-0.05, 0) is 24.6 Å². The minimum absolute atomic E-state index is 0.0579. The topological polar surface area (TPSA) is 74.7 Å². The first-order valence-corrected chi connectivity index (χ1v) is 6.18. The van der Waals surface area contributed by atoms with Crippen molar-refractivity contribution in [2.24, 2.45) is 16.8 Å². The number of aromatic nitrogens is 1. The molecule has 0 saturated carbocycles. The Morgan fingerprint density at radius 3 is 2.94 bits per heavy atom. The molecule has 5 heteroatoms. The fraction of sp³-hybridized carbons (Fsp3) is 0.538. The number of pyridine rings is 1. The summed E-state index contributed by atoms with van der Waals surface area (Å²) in [5, 5.41) is 11.8. The molecule has 0 aliphatic rings. The highest BCUT2D eigenvalue weighted by molar-refractivity contribution is 5.96. The van der Waals surface area contributed by atoms with E-state index in [2.05, 4.69) is 35.9 Å². The first kappa shape index (κ1) is 14.4. The van der Waals surface area contributed by atoms with Crippen LogP contribution in [-0.2, 0) is 6.54 Å². The van der Waals surface area contributed by atoms with Crippen molar-refractivity contribution < 1.29 is 5.21 Å². The maximum Gasteiger partial charge on any atom is 0.189 e. The van der Waals surface area contributed by atoms with Crippen LogP contribution in [0.2, 0.25) is 0 Å². The summed E-state index contributed by atoms with van der Waals surface area (Å²) in [4.78, 5) is 6.38. The summed E-state index contributed by atoms with van der Waals surface area (Å²) >= 11 is 0. The average molecular weight is 250 g/mol. The molecule has 0 radical (unpaired) electrons. The lowest BCUT2D eigenvalue weighted by molar-refractivity contribution is 0.274. The Kier molecular flexibility index (Phi) is 5.58. The SMILES string of the molecule is CCC(C)CN(C)Cc1cccnc1C(N)=NO. The first-order chi connectivity index (χ1) is 8.58. The molecule has 0 spiro atoms. The van der Waals surface area contributed by atoms with Gasteiger partial charge >= 0.3 is 0 Å². The van der Waals surface area contributed by atoms with Gasteiger partial charge in [-0.15, -0.1) is 0 Å². The highest BCUT2D eigenvalue weighted by Gasteiger charge is 2.11. The predicted octanol–water partition coefficient (Wildman–Crippen LogP) is 1.65. The molecule has 18 heavy (non-hydrogen) atoms. The fourth-order valence-corrected chi connectivity index (χ4v) is 1.86. The zero-order valence-electron chi connectivity index (χ0n) is 11.3. The average Bonchev–Trinajstić information content (AvgIpc) is 2.38. The molecule has 1 atom stereocenters. The molecule has 0 saturated heterocycles. The van der Waals surface area contributed by atoms with Gasteiger partial charge in [-0.25, -0.2) is 0 Å². The molecular weight excluding hydrogens is 228 g/mol. The van der Waals surface area contributed by atoms with E-state index in [1.807, 2.05) is 12.1 Å². The van der Waals surface area contributed by atoms with E-state index in [1.54, 1.807) is 6.20 Å². The van der Waals surface area contributed by atoms with Crippen LogP contribution in [0.5, 0.6) is 0 Å². The van der Waals surface area contributed by atoms with Gasteiger partial charge in [0.05, 0.1) is 0 Å². The van der Waals surface area contributed by atoms with Crippen LogP contribution in [0, 0.1) is 5.92 Å². The van der Waals surface area contributed by atoms with Crippen molar-refractivity contribution in [2.45, 2.75) is 26.8 Å². The Morgan fingerprint density at radius 2 is 2.33 bits per heavy atom. The minimum Gasteiger partial charge on any atom is -0.409 e. The number of nitrogens with two attached hydrogens (primary N) is 1. The van der Waals surface area contributed by atoms with Crippen LogP contribution in [-0.4, -0.2) is 34.5 Å². The Balaban J connectivity index is 2.78. The van der Waals surface area contributed by atoms with Crippen molar-refractivity contribution in [3.8, 4) is 0 Å². The van der Waals surface area contributed by atoms with E-state index >= 15 is 0 Å². The first-order valence-electron chi connectivity index (χ1n) is 6.18. The number of oxime groups is 1. The maximum absolute atomic E-state index is 8.74. The third kappa shape index (κ3) is 4.00. The third-order valence-corrected chi connectivity index (χ3v) is 3.00. The van der Waals surface area contributed by atoms with Gasteiger partial charge in [-0.2, -0.15) is 0 Å². The van der Waals surface area contributed by atoms with Crippen molar-refractivity contribution in [1.82, 2.24) is 9.88 Å². The molecule has 0 amide bonds. The predicted molar refractivity (Wildman–Crippen MR) is 72.5 cm³/mol. The maximum atomic E-state index is 8.74. The normalized spacial score (nSPS) is 13.9. The molecule has 0 aliphatic carbocycles. The molecule has 0 aromatic carbocycles. The quantitative estimate of drug-likeness (QED) is 0.348. The lowest BCUT2D eigenvalue weighted by Crippen LogP contribution is -2.26. The number of amidine groups is 1. The number of rotatable bonds is 6. The molecule has 0 aliphatic heterocycles. The van der Waals surface area contributed by atoms with E-state index in [0.717, 1.165) is 25.1 Å². The van der Waals surface area contributed by atoms with E-state index in [1.165, 1.54) is 0 Å². The van der Waals surface area contributed by atoms with Crippen molar-refractivity contribution in [2.75, 3.05) is 13.6 Å². The molecular formula is C13H22N4O. The van der Waals surface area contributed by atoms with E-state index < -0.39 is 0 Å². The Bertz CT molecular complexity index is 406. The zero-order chi connectivity index (χ0) is 13.5. The van der Waals surface area contributed by atoms with Crippen molar-refractivity contribution in [3.05, 3.63) is 29.6 Å². The molecule has 1 aromatic rings. The van der Waals surface area contributed by atoms with Gasteiger partial charge in [-0.3, -0.25) is 4.98 Å². The summed E-state index contributed by atoms with van der Waals surface area (Å²) in [5.74, 6) is 0.710. The summed E-state index contributed by atoms with van der Waals surface area (Å²) in [7, 11) is 2.06. The second-order valence-corrected chi connectivity index (χ2v) is 4.71. The molecule has 3 N–H and O–H groups in total. The van der Waals surface area contributed by atoms with Gasteiger partial charge in [0.15, 0.2) is 5.84 Å². The van der Waals surface area contributed by atoms with E-state index in [0.29, 0.717) is 11.6 Å². The van der Waals surface area contributed by atoms with Gasteiger partial charge in [0.1, 0.15) is 5.69 Å². The highest BCUT2D eigenvalue weighted by atomic mass is 16.4. The third-order valence-electron chi connectivity index (χ3n) is 3.00. The monoisotopic (exact) mass is 250 g/mol. The fourth-order valence-electron chi connectivity index (χ4n) is 1.86. The van der Waals surface area contributed by atoms with Crippen LogP contribution in [0.25, 0.3) is 0 Å². The highest BCUT2D eigenvalue weighted by Crippen LogP contribution is 2.10. The van der Waals surface area contributed by atoms with Crippen molar-refractivity contribution in [3.63, 3.8) is 0 Å². The molecule has 0 bridgehead atoms. The summed E-state index contributed by atoms with van der Waals surface area (Å²) in [6, 6.07) is 3.81. The van der Waals surface area contributed by atoms with E-state index in [4.69, 9.17) is 10.9 Å². The van der Waals surface area contributed by atoms with Gasteiger partial charge in [0.25, 0.3) is 0 Å². The smallest absolute Gasteiger partial charge is 0.189 e. The van der Waals surface area contributed by atoms with Crippen molar-refractivity contribution in [1.29, 1.82) is 0 Å². The van der Waals surface area contributed by atoms with Gasteiger partial charge in [0.2, 0.25) is 0 Å². The largest absolute Gasteiger partial charge is 0.409 e. The molecule has 1 aromatic heterocycles. The molecule has 1 unspecified atom stereocenters. The number of hydrogen-bond donors (Lipinski definition) is 2. The molecule has 1 heterocycles. The standard InChI is InChI=1S/C13H22N4O/c1-4-10(2)8-17(3)9-11-6-5-7-15-12(11)13(14)16-18/h5-7,10,18H,4,8-9H2,1-3H3,(H2,14,16). The van der Waals surface area contributed by atoms with Gasteiger partial charge in [0, 0.05) is 19.3 Å². The zero-order valence-corrected chi connectivity index (χ0v) is 11.3. The summed E-state index contributed by atoms with van der Waals surface area (Å²) in [5.41, 5.74) is 7.14. The summed E-state index contributed by atoms with van der Waals surface area (Å²) in [6.45, 7) is 6.17. The van der Waals surface area contributed by atoms with Crippen molar-refractivity contribution >= 4 is 5.84 Å². The summed E-state index contributed by atoms with van der Waals surface area (Å²) < 4.78 is 0. The molecule has 0 fully saturated rings. The molecule has 100 valence electrons. The second-order valence-electron chi connectivity index (χ2n) is 4.71. The van der Waals surface area contributed by atoms with Gasteiger partial charge < -0.3 is 15.8 Å². The van der Waals surface area contributed by atoms with Crippen LogP contribution in [0.3, 0.4) is 0 Å². The summed E-state index contributed by atoms with van der Waals surface area (Å²) in [6.07, 6.45) is 2.80.